The highest BCUT2D eigenvalue weighted by Crippen LogP contribution is 2.22. The predicted molar refractivity (Wildman–Crippen MR) is 89.1 cm³/mol. The van der Waals surface area contributed by atoms with Gasteiger partial charge in [0.15, 0.2) is 0 Å². The van der Waals surface area contributed by atoms with Crippen molar-refractivity contribution in [3.8, 4) is 0 Å². The van der Waals surface area contributed by atoms with Crippen molar-refractivity contribution in [1.82, 2.24) is 0 Å². The number of carboxylic acid groups (broad SMARTS) is 1. The lowest BCUT2D eigenvalue weighted by atomic mass is 10.0. The maximum atomic E-state index is 12.5. The smallest absolute Gasteiger partial charge is 0.310 e. The van der Waals surface area contributed by atoms with Crippen molar-refractivity contribution in [3.05, 3.63) is 59.7 Å². The van der Waals surface area contributed by atoms with Crippen LogP contribution in [0.4, 0.5) is 5.69 Å². The van der Waals surface area contributed by atoms with E-state index in [-0.39, 0.29) is 4.90 Å². The Morgan fingerprint density at radius 1 is 1.13 bits per heavy atom. The quantitative estimate of drug-likeness (QED) is 0.850. The van der Waals surface area contributed by atoms with E-state index in [2.05, 4.69) is 4.72 Å². The van der Waals surface area contributed by atoms with Crippen molar-refractivity contribution in [2.75, 3.05) is 4.72 Å². The second-order valence-corrected chi connectivity index (χ2v) is 6.90. The molecule has 0 fully saturated rings. The summed E-state index contributed by atoms with van der Waals surface area (Å²) in [6, 6.07) is 13.2. The molecule has 0 spiro atoms. The lowest BCUT2D eigenvalue weighted by Gasteiger charge is -2.12. The third kappa shape index (κ3) is 3.90. The predicted octanol–water partition coefficient (Wildman–Crippen LogP) is 3.24. The molecule has 0 aromatic heterocycles. The molecule has 0 saturated heterocycles. The van der Waals surface area contributed by atoms with Crippen molar-refractivity contribution in [2.45, 2.75) is 31.1 Å². The summed E-state index contributed by atoms with van der Waals surface area (Å²) in [5, 5.41) is 8.99. The number of benzene rings is 2. The Balaban J connectivity index is 2.26. The van der Waals surface area contributed by atoms with E-state index in [1.807, 2.05) is 6.92 Å². The van der Waals surface area contributed by atoms with Crippen molar-refractivity contribution in [2.24, 2.45) is 0 Å². The third-order valence-corrected chi connectivity index (χ3v) is 5.16. The van der Waals surface area contributed by atoms with E-state index in [0.717, 1.165) is 5.56 Å². The van der Waals surface area contributed by atoms with Gasteiger partial charge >= 0.3 is 5.97 Å². The van der Waals surface area contributed by atoms with E-state index in [1.54, 1.807) is 55.5 Å². The first-order chi connectivity index (χ1) is 10.8. The summed E-state index contributed by atoms with van der Waals surface area (Å²) in [7, 11) is -3.67. The molecule has 2 N–H and O–H groups in total. The highest BCUT2D eigenvalue weighted by molar-refractivity contribution is 7.92. The van der Waals surface area contributed by atoms with Crippen LogP contribution in [0.1, 0.15) is 30.9 Å². The highest BCUT2D eigenvalue weighted by atomic mass is 32.2. The number of sulfonamides is 1. The second-order valence-electron chi connectivity index (χ2n) is 5.25. The van der Waals surface area contributed by atoms with Crippen LogP contribution in [-0.2, 0) is 21.2 Å². The van der Waals surface area contributed by atoms with Crippen LogP contribution in [0.25, 0.3) is 0 Å². The Labute approximate surface area is 136 Å². The number of nitrogens with one attached hydrogen (secondary N) is 1. The number of hydrogen-bond acceptors (Lipinski definition) is 3. The lowest BCUT2D eigenvalue weighted by Crippen LogP contribution is -2.15. The molecular formula is C17H19NO4S. The Hall–Kier alpha value is -2.34. The molecule has 6 heteroatoms. The molecule has 122 valence electrons. The van der Waals surface area contributed by atoms with Crippen LogP contribution in [0.5, 0.6) is 0 Å². The minimum absolute atomic E-state index is 0.255. The van der Waals surface area contributed by atoms with Gasteiger partial charge in [-0.3, -0.25) is 9.52 Å². The monoisotopic (exact) mass is 333 g/mol. The first-order valence-electron chi connectivity index (χ1n) is 7.28. The molecule has 0 bridgehead atoms. The fourth-order valence-electron chi connectivity index (χ4n) is 2.25. The number of anilines is 1. The Morgan fingerprint density at radius 2 is 1.74 bits per heavy atom. The number of hydrogen-bond donors (Lipinski definition) is 2. The standard InChI is InChI=1S/C17H19NO4S/c1-3-13-6-4-5-7-16(13)23(21,22)18-15-10-8-14(9-11-15)12(2)17(19)20/h4-12,18H,3H2,1-2H3,(H,19,20)/t12-/m1/s1. The van der Waals surface area contributed by atoms with Crippen LogP contribution < -0.4 is 4.72 Å². The summed E-state index contributed by atoms with van der Waals surface area (Å²) in [6.45, 7) is 3.48. The van der Waals surface area contributed by atoms with Crippen LogP contribution in [0, 0.1) is 0 Å². The Kier molecular flexibility index (Phi) is 5.05. The van der Waals surface area contributed by atoms with E-state index in [4.69, 9.17) is 5.11 Å². The maximum Gasteiger partial charge on any atom is 0.310 e. The fourth-order valence-corrected chi connectivity index (χ4v) is 3.62. The molecule has 0 heterocycles. The van der Waals surface area contributed by atoms with Gasteiger partial charge in [0, 0.05) is 5.69 Å². The molecule has 1 atom stereocenters. The zero-order valence-corrected chi connectivity index (χ0v) is 13.8. The van der Waals surface area contributed by atoms with E-state index < -0.39 is 21.9 Å². The average molecular weight is 333 g/mol. The normalized spacial score (nSPS) is 12.6. The van der Waals surface area contributed by atoms with E-state index in [1.165, 1.54) is 0 Å². The van der Waals surface area contributed by atoms with Gasteiger partial charge < -0.3 is 5.11 Å². The first kappa shape index (κ1) is 17.0. The summed E-state index contributed by atoms with van der Waals surface area (Å²) in [4.78, 5) is 11.2. The van der Waals surface area contributed by atoms with Crippen molar-refractivity contribution in [1.29, 1.82) is 0 Å². The molecule has 5 nitrogen and oxygen atoms in total. The fraction of sp³-hybridized carbons (Fsp3) is 0.235. The molecule has 2 rings (SSSR count). The number of carboxylic acids is 1. The summed E-state index contributed by atoms with van der Waals surface area (Å²) in [6.07, 6.45) is 0.617. The Morgan fingerprint density at radius 3 is 2.30 bits per heavy atom. The molecule has 2 aromatic carbocycles. The van der Waals surface area contributed by atoms with Gasteiger partial charge in [0.1, 0.15) is 0 Å². The number of aryl methyl sites for hydroxylation is 1. The minimum atomic E-state index is -3.67. The third-order valence-electron chi connectivity index (χ3n) is 3.68. The van der Waals surface area contributed by atoms with E-state index in [9.17, 15) is 13.2 Å². The molecule has 0 aliphatic rings. The molecule has 0 aliphatic carbocycles. The molecule has 0 unspecified atom stereocenters. The lowest BCUT2D eigenvalue weighted by molar-refractivity contribution is -0.138. The van der Waals surface area contributed by atoms with Crippen LogP contribution in [0.2, 0.25) is 0 Å². The van der Waals surface area contributed by atoms with E-state index in [0.29, 0.717) is 17.7 Å². The molecule has 2 aromatic rings. The van der Waals surface area contributed by atoms with Gasteiger partial charge in [-0.2, -0.15) is 0 Å². The topological polar surface area (TPSA) is 83.5 Å². The SMILES string of the molecule is CCc1ccccc1S(=O)(=O)Nc1ccc([C@@H](C)C(=O)O)cc1. The van der Waals surface area contributed by atoms with Gasteiger partial charge in [0.2, 0.25) is 0 Å². The highest BCUT2D eigenvalue weighted by Gasteiger charge is 2.18. The summed E-state index contributed by atoms with van der Waals surface area (Å²) in [5.74, 6) is -1.56. The van der Waals surface area contributed by atoms with Crippen molar-refractivity contribution >= 4 is 21.7 Å². The van der Waals surface area contributed by atoms with Crippen LogP contribution in [0.15, 0.2) is 53.4 Å². The molecule has 0 radical (unpaired) electrons. The molecule has 23 heavy (non-hydrogen) atoms. The van der Waals surface area contributed by atoms with Gasteiger partial charge in [0.25, 0.3) is 10.0 Å². The largest absolute Gasteiger partial charge is 0.481 e. The maximum absolute atomic E-state index is 12.5. The second kappa shape index (κ2) is 6.83. The number of aliphatic carboxylic acids is 1. The average Bonchev–Trinajstić information content (AvgIpc) is 2.54. The number of carbonyl (C=O) groups is 1. The zero-order chi connectivity index (χ0) is 17.0. The van der Waals surface area contributed by atoms with Gasteiger partial charge in [-0.05, 0) is 42.7 Å². The van der Waals surface area contributed by atoms with Gasteiger partial charge in [-0.1, -0.05) is 37.3 Å². The summed E-state index contributed by atoms with van der Waals surface area (Å²) in [5.41, 5.74) is 1.77. The van der Waals surface area contributed by atoms with Gasteiger partial charge in [0.05, 0.1) is 10.8 Å². The minimum Gasteiger partial charge on any atom is -0.481 e. The van der Waals surface area contributed by atoms with Crippen LogP contribution >= 0.6 is 0 Å². The number of rotatable bonds is 6. The first-order valence-corrected chi connectivity index (χ1v) is 8.77. The molecule has 0 amide bonds. The zero-order valence-electron chi connectivity index (χ0n) is 13.0. The van der Waals surface area contributed by atoms with E-state index >= 15 is 0 Å². The van der Waals surface area contributed by atoms with Gasteiger partial charge in [-0.25, -0.2) is 8.42 Å². The Bertz CT molecular complexity index is 798. The van der Waals surface area contributed by atoms with Crippen molar-refractivity contribution < 1.29 is 18.3 Å². The molecule has 0 aliphatic heterocycles. The van der Waals surface area contributed by atoms with Crippen LogP contribution in [0.3, 0.4) is 0 Å². The molecule has 0 saturated carbocycles. The molecular weight excluding hydrogens is 314 g/mol. The van der Waals surface area contributed by atoms with Crippen LogP contribution in [-0.4, -0.2) is 19.5 Å². The summed E-state index contributed by atoms with van der Waals surface area (Å²) < 4.78 is 27.5. The summed E-state index contributed by atoms with van der Waals surface area (Å²) >= 11 is 0. The van der Waals surface area contributed by atoms with Gasteiger partial charge in [-0.15, -0.1) is 0 Å². The van der Waals surface area contributed by atoms with Crippen molar-refractivity contribution in [3.63, 3.8) is 0 Å².